The van der Waals surface area contributed by atoms with E-state index in [1.807, 2.05) is 24.3 Å². The average molecular weight is 370 g/mol. The van der Waals surface area contributed by atoms with Crippen molar-refractivity contribution in [3.8, 4) is 5.75 Å². The molecule has 2 amide bonds. The molecule has 3 rings (SSSR count). The number of fused-ring (bicyclic) bond motifs is 3. The standard InChI is InChI=1S/C21H26N2O4/c1-3-5-13-26-21(25)23-12-10-19(24)22(11-4-2)14-16-15-27-18-9-7-6-8-17(18)20(16)23/h3-4,6-9,16,20H,1-2,5,10-15H2/t16-,20-/m0/s1. The highest BCUT2D eigenvalue weighted by molar-refractivity contribution is 5.78. The summed E-state index contributed by atoms with van der Waals surface area (Å²) in [5, 5.41) is 0. The van der Waals surface area contributed by atoms with Gasteiger partial charge in [-0.3, -0.25) is 4.79 Å². The minimum Gasteiger partial charge on any atom is -0.493 e. The first kappa shape index (κ1) is 19.0. The third kappa shape index (κ3) is 4.15. The zero-order valence-electron chi connectivity index (χ0n) is 15.5. The maximum Gasteiger partial charge on any atom is 0.410 e. The number of rotatable bonds is 5. The predicted octanol–water partition coefficient (Wildman–Crippen LogP) is 3.17. The van der Waals surface area contributed by atoms with Gasteiger partial charge in [0.15, 0.2) is 0 Å². The number of amides is 2. The Morgan fingerprint density at radius 1 is 1.30 bits per heavy atom. The molecule has 0 saturated carbocycles. The van der Waals surface area contributed by atoms with Gasteiger partial charge in [0.25, 0.3) is 0 Å². The minimum atomic E-state index is -0.395. The molecule has 1 aromatic rings. The Morgan fingerprint density at radius 2 is 2.11 bits per heavy atom. The Bertz CT molecular complexity index is 718. The second-order valence-electron chi connectivity index (χ2n) is 6.78. The van der Waals surface area contributed by atoms with Gasteiger partial charge in [0.1, 0.15) is 5.75 Å². The van der Waals surface area contributed by atoms with Crippen molar-refractivity contribution in [1.82, 2.24) is 9.80 Å². The van der Waals surface area contributed by atoms with Gasteiger partial charge in [-0.25, -0.2) is 4.79 Å². The first-order chi connectivity index (χ1) is 13.2. The lowest BCUT2D eigenvalue weighted by atomic mass is 9.88. The van der Waals surface area contributed by atoms with E-state index in [1.165, 1.54) is 0 Å². The summed E-state index contributed by atoms with van der Waals surface area (Å²) >= 11 is 0. The van der Waals surface area contributed by atoms with Gasteiger partial charge in [-0.05, 0) is 12.5 Å². The molecule has 6 nitrogen and oxygen atoms in total. The molecule has 0 aliphatic carbocycles. The Hall–Kier alpha value is -2.76. The van der Waals surface area contributed by atoms with Crippen LogP contribution in [0.5, 0.6) is 5.75 Å². The Labute approximate surface area is 160 Å². The van der Waals surface area contributed by atoms with Gasteiger partial charge < -0.3 is 19.3 Å². The summed E-state index contributed by atoms with van der Waals surface area (Å²) in [5.41, 5.74) is 0.960. The predicted molar refractivity (Wildman–Crippen MR) is 102 cm³/mol. The van der Waals surface area contributed by atoms with E-state index < -0.39 is 6.09 Å². The average Bonchev–Trinajstić information content (AvgIpc) is 2.67. The summed E-state index contributed by atoms with van der Waals surface area (Å²) in [6, 6.07) is 7.57. The summed E-state index contributed by atoms with van der Waals surface area (Å²) < 4.78 is 11.3. The van der Waals surface area contributed by atoms with Crippen molar-refractivity contribution in [3.63, 3.8) is 0 Å². The summed E-state index contributed by atoms with van der Waals surface area (Å²) in [7, 11) is 0. The molecule has 0 spiro atoms. The van der Waals surface area contributed by atoms with Crippen LogP contribution in [-0.4, -0.2) is 54.6 Å². The molecule has 6 heteroatoms. The highest BCUT2D eigenvalue weighted by Crippen LogP contribution is 2.41. The lowest BCUT2D eigenvalue weighted by molar-refractivity contribution is -0.133. The van der Waals surface area contributed by atoms with Gasteiger partial charge in [0, 0.05) is 37.5 Å². The van der Waals surface area contributed by atoms with Crippen molar-refractivity contribution in [1.29, 1.82) is 0 Å². The van der Waals surface area contributed by atoms with E-state index in [9.17, 15) is 9.59 Å². The number of hydrogen-bond acceptors (Lipinski definition) is 4. The van der Waals surface area contributed by atoms with Gasteiger partial charge in [0.2, 0.25) is 5.91 Å². The zero-order chi connectivity index (χ0) is 19.2. The fraction of sp³-hybridized carbons (Fsp3) is 0.429. The van der Waals surface area contributed by atoms with Crippen LogP contribution in [0, 0.1) is 5.92 Å². The van der Waals surface area contributed by atoms with Crippen LogP contribution in [0.2, 0.25) is 0 Å². The van der Waals surface area contributed by atoms with Crippen LogP contribution in [0.1, 0.15) is 24.4 Å². The van der Waals surface area contributed by atoms with E-state index in [0.29, 0.717) is 32.7 Å². The second-order valence-corrected chi connectivity index (χ2v) is 6.78. The molecule has 0 N–H and O–H groups in total. The lowest BCUT2D eigenvalue weighted by Crippen LogP contribution is -2.51. The fourth-order valence-electron chi connectivity index (χ4n) is 3.72. The zero-order valence-corrected chi connectivity index (χ0v) is 15.5. The topological polar surface area (TPSA) is 59.1 Å². The molecule has 1 fully saturated rings. The molecule has 2 heterocycles. The third-order valence-corrected chi connectivity index (χ3v) is 4.98. The Balaban J connectivity index is 1.92. The van der Waals surface area contributed by atoms with E-state index in [4.69, 9.17) is 9.47 Å². The van der Waals surface area contributed by atoms with E-state index in [0.717, 1.165) is 11.3 Å². The molecule has 2 aliphatic heterocycles. The number of hydrogen-bond donors (Lipinski definition) is 0. The van der Waals surface area contributed by atoms with Gasteiger partial charge in [0.05, 0.1) is 19.3 Å². The Kier molecular flexibility index (Phi) is 6.16. The number of nitrogens with zero attached hydrogens (tertiary/aromatic N) is 2. The lowest BCUT2D eigenvalue weighted by Gasteiger charge is -2.43. The van der Waals surface area contributed by atoms with E-state index >= 15 is 0 Å². The quantitative estimate of drug-likeness (QED) is 0.590. The first-order valence-electron chi connectivity index (χ1n) is 9.30. The van der Waals surface area contributed by atoms with E-state index in [-0.39, 0.29) is 30.9 Å². The second kappa shape index (κ2) is 8.75. The molecule has 1 aromatic carbocycles. The minimum absolute atomic E-state index is 0.0103. The van der Waals surface area contributed by atoms with Gasteiger partial charge >= 0.3 is 6.09 Å². The smallest absolute Gasteiger partial charge is 0.410 e. The molecule has 2 atom stereocenters. The molecule has 0 radical (unpaired) electrons. The van der Waals surface area contributed by atoms with Crippen LogP contribution in [0.15, 0.2) is 49.6 Å². The molecule has 0 aromatic heterocycles. The summed E-state index contributed by atoms with van der Waals surface area (Å²) in [4.78, 5) is 28.8. The highest BCUT2D eigenvalue weighted by Gasteiger charge is 2.41. The number of carbonyl (C=O) groups is 2. The number of carbonyl (C=O) groups excluding carboxylic acids is 2. The van der Waals surface area contributed by atoms with Crippen molar-refractivity contribution in [2.45, 2.75) is 18.9 Å². The molecule has 0 bridgehead atoms. The summed E-state index contributed by atoms with van der Waals surface area (Å²) in [6.45, 7) is 9.45. The number of para-hydroxylation sites is 1. The SMILES string of the molecule is C=CCCOC(=O)N1CCC(=O)N(CC=C)C[C@H]2COc3ccccc3[C@H]21. The fourth-order valence-corrected chi connectivity index (χ4v) is 3.72. The van der Waals surface area contributed by atoms with Gasteiger partial charge in [-0.15, -0.1) is 13.2 Å². The van der Waals surface area contributed by atoms with Crippen molar-refractivity contribution < 1.29 is 19.1 Å². The van der Waals surface area contributed by atoms with Crippen molar-refractivity contribution >= 4 is 12.0 Å². The molecular formula is C21H26N2O4. The van der Waals surface area contributed by atoms with E-state index in [1.54, 1.807) is 22.0 Å². The summed E-state index contributed by atoms with van der Waals surface area (Å²) in [6.07, 6.45) is 3.90. The number of benzene rings is 1. The van der Waals surface area contributed by atoms with Crippen LogP contribution in [-0.2, 0) is 9.53 Å². The highest BCUT2D eigenvalue weighted by atomic mass is 16.6. The maximum absolute atomic E-state index is 12.8. The van der Waals surface area contributed by atoms with Crippen molar-refractivity contribution in [2.75, 3.05) is 32.8 Å². The van der Waals surface area contributed by atoms with Crippen LogP contribution in [0.4, 0.5) is 4.79 Å². The Morgan fingerprint density at radius 3 is 2.89 bits per heavy atom. The van der Waals surface area contributed by atoms with Crippen LogP contribution in [0.3, 0.4) is 0 Å². The molecule has 144 valence electrons. The normalized spacial score (nSPS) is 21.9. The molecule has 27 heavy (non-hydrogen) atoms. The summed E-state index contributed by atoms with van der Waals surface area (Å²) in [5.74, 6) is 0.761. The first-order valence-corrected chi connectivity index (χ1v) is 9.30. The number of ether oxygens (including phenoxy) is 2. The largest absolute Gasteiger partial charge is 0.493 e. The van der Waals surface area contributed by atoms with Crippen LogP contribution < -0.4 is 4.74 Å². The molecule has 1 saturated heterocycles. The maximum atomic E-state index is 12.8. The van der Waals surface area contributed by atoms with Crippen molar-refractivity contribution in [3.05, 3.63) is 55.1 Å². The third-order valence-electron chi connectivity index (χ3n) is 4.98. The van der Waals surface area contributed by atoms with Crippen LogP contribution in [0.25, 0.3) is 0 Å². The molecule has 2 aliphatic rings. The van der Waals surface area contributed by atoms with Gasteiger partial charge in [-0.2, -0.15) is 0 Å². The van der Waals surface area contributed by atoms with E-state index in [2.05, 4.69) is 13.2 Å². The van der Waals surface area contributed by atoms with Crippen molar-refractivity contribution in [2.24, 2.45) is 5.92 Å². The monoisotopic (exact) mass is 370 g/mol. The molecular weight excluding hydrogens is 344 g/mol. The van der Waals surface area contributed by atoms with Gasteiger partial charge in [-0.1, -0.05) is 30.4 Å². The molecule has 0 unspecified atom stereocenters. The van der Waals surface area contributed by atoms with Crippen LogP contribution >= 0.6 is 0 Å².